The van der Waals surface area contributed by atoms with E-state index >= 15 is 0 Å². The summed E-state index contributed by atoms with van der Waals surface area (Å²) >= 11 is 0. The Balaban J connectivity index is 2.38. The maximum atomic E-state index is 10.6. The average molecular weight is 294 g/mol. The van der Waals surface area contributed by atoms with E-state index in [4.69, 9.17) is 19.3 Å². The molecule has 1 aromatic carbocycles. The first kappa shape index (κ1) is 17.0. The highest BCUT2D eigenvalue weighted by Gasteiger charge is 2.08. The van der Waals surface area contributed by atoms with E-state index in [1.54, 1.807) is 37.6 Å². The minimum atomic E-state index is -0.847. The molecule has 0 aliphatic heterocycles. The second-order valence-corrected chi connectivity index (χ2v) is 4.50. The second kappa shape index (κ2) is 9.83. The van der Waals surface area contributed by atoms with Gasteiger partial charge in [-0.2, -0.15) is 0 Å². The monoisotopic (exact) mass is 294 g/mol. The predicted octanol–water partition coefficient (Wildman–Crippen LogP) is 2.65. The van der Waals surface area contributed by atoms with E-state index in [0.717, 1.165) is 12.0 Å². The minimum Gasteiger partial charge on any atom is -0.499 e. The maximum Gasteiger partial charge on any atom is 0.307 e. The molecule has 0 aromatic heterocycles. The number of carbonyl (C=O) groups is 1. The maximum absolute atomic E-state index is 10.6. The van der Waals surface area contributed by atoms with Crippen LogP contribution in [0.25, 0.3) is 0 Å². The van der Waals surface area contributed by atoms with E-state index in [2.05, 4.69) is 0 Å². The summed E-state index contributed by atoms with van der Waals surface area (Å²) in [5.41, 5.74) is 0.742. The zero-order chi connectivity index (χ0) is 15.5. The second-order valence-electron chi connectivity index (χ2n) is 4.50. The topological polar surface area (TPSA) is 65.0 Å². The third kappa shape index (κ3) is 7.37. The van der Waals surface area contributed by atoms with Crippen LogP contribution < -0.4 is 4.74 Å². The lowest BCUT2D eigenvalue weighted by Gasteiger charge is -2.15. The third-order valence-corrected chi connectivity index (χ3v) is 2.76. The minimum absolute atomic E-state index is 0.0125. The van der Waals surface area contributed by atoms with Gasteiger partial charge in [0.2, 0.25) is 0 Å². The fourth-order valence-corrected chi connectivity index (χ4v) is 1.58. The number of allylic oxidation sites excluding steroid dienone is 1. The Labute approximate surface area is 125 Å². The zero-order valence-corrected chi connectivity index (χ0v) is 12.5. The molecule has 1 unspecified atom stereocenters. The summed E-state index contributed by atoms with van der Waals surface area (Å²) in [4.78, 5) is 10.6. The van der Waals surface area contributed by atoms with E-state index in [1.165, 1.54) is 0 Å². The molecule has 1 atom stereocenters. The molecule has 116 valence electrons. The number of carboxylic acid groups (broad SMARTS) is 1. The zero-order valence-electron chi connectivity index (χ0n) is 12.5. The molecule has 0 bridgehead atoms. The number of ether oxygens (including phenoxy) is 3. The van der Waals surface area contributed by atoms with Gasteiger partial charge in [0.05, 0.1) is 12.7 Å². The van der Waals surface area contributed by atoms with Gasteiger partial charge in [-0.3, -0.25) is 4.79 Å². The quantitative estimate of drug-likeness (QED) is 0.672. The molecule has 5 heteroatoms. The molecule has 0 radical (unpaired) electrons. The van der Waals surface area contributed by atoms with Gasteiger partial charge >= 0.3 is 5.97 Å². The van der Waals surface area contributed by atoms with Gasteiger partial charge in [-0.1, -0.05) is 25.1 Å². The highest BCUT2D eigenvalue weighted by Crippen LogP contribution is 2.13. The molecule has 21 heavy (non-hydrogen) atoms. The van der Waals surface area contributed by atoms with Gasteiger partial charge in [-0.15, -0.1) is 0 Å². The van der Waals surface area contributed by atoms with Crippen molar-refractivity contribution in [3.05, 3.63) is 42.2 Å². The van der Waals surface area contributed by atoms with Crippen molar-refractivity contribution < 1.29 is 24.1 Å². The van der Waals surface area contributed by atoms with E-state index in [-0.39, 0.29) is 12.5 Å². The van der Waals surface area contributed by atoms with Crippen LogP contribution in [-0.4, -0.2) is 37.5 Å². The summed E-state index contributed by atoms with van der Waals surface area (Å²) in [5, 5.41) is 8.70. The highest BCUT2D eigenvalue weighted by molar-refractivity contribution is 5.70. The van der Waals surface area contributed by atoms with Crippen molar-refractivity contribution in [2.75, 3.05) is 20.3 Å². The van der Waals surface area contributed by atoms with Gasteiger partial charge < -0.3 is 19.3 Å². The summed E-state index contributed by atoms with van der Waals surface area (Å²) in [5.74, 6) is -0.171. The molecule has 0 aliphatic rings. The van der Waals surface area contributed by atoms with Crippen molar-refractivity contribution >= 4 is 5.97 Å². The number of hydrogen-bond acceptors (Lipinski definition) is 4. The van der Waals surface area contributed by atoms with Gasteiger partial charge in [0.15, 0.2) is 0 Å². The fourth-order valence-electron chi connectivity index (χ4n) is 1.58. The summed E-state index contributed by atoms with van der Waals surface area (Å²) in [6.45, 7) is 2.82. The molecule has 0 saturated carbocycles. The van der Waals surface area contributed by atoms with E-state index < -0.39 is 5.97 Å². The van der Waals surface area contributed by atoms with Crippen molar-refractivity contribution in [2.24, 2.45) is 0 Å². The number of hydrogen-bond donors (Lipinski definition) is 1. The molecular weight excluding hydrogens is 272 g/mol. The Kier molecular flexibility index (Phi) is 7.97. The Morgan fingerprint density at radius 1 is 1.29 bits per heavy atom. The van der Waals surface area contributed by atoms with Gasteiger partial charge in [0, 0.05) is 7.11 Å². The fraction of sp³-hybridized carbons (Fsp3) is 0.438. The first-order valence-corrected chi connectivity index (χ1v) is 6.88. The van der Waals surface area contributed by atoms with Gasteiger partial charge in [-0.25, -0.2) is 0 Å². The van der Waals surface area contributed by atoms with Gasteiger partial charge in [0.1, 0.15) is 25.1 Å². The number of rotatable bonds is 10. The van der Waals surface area contributed by atoms with Crippen molar-refractivity contribution in [3.63, 3.8) is 0 Å². The first-order valence-electron chi connectivity index (χ1n) is 6.88. The van der Waals surface area contributed by atoms with Crippen molar-refractivity contribution in [3.8, 4) is 5.75 Å². The van der Waals surface area contributed by atoms with Crippen molar-refractivity contribution in [1.82, 2.24) is 0 Å². The van der Waals surface area contributed by atoms with Crippen LogP contribution in [0.3, 0.4) is 0 Å². The summed E-state index contributed by atoms with van der Waals surface area (Å²) in [7, 11) is 1.61. The Hall–Kier alpha value is -2.01. The summed E-state index contributed by atoms with van der Waals surface area (Å²) in [6.07, 6.45) is 4.36. The molecular formula is C16H22O5. The van der Waals surface area contributed by atoms with Crippen LogP contribution in [0, 0.1) is 0 Å². The molecule has 0 aliphatic carbocycles. The summed E-state index contributed by atoms with van der Waals surface area (Å²) < 4.78 is 16.2. The Morgan fingerprint density at radius 3 is 2.57 bits per heavy atom. The lowest BCUT2D eigenvalue weighted by molar-refractivity contribution is -0.136. The molecule has 0 heterocycles. The van der Waals surface area contributed by atoms with Crippen LogP contribution in [0.1, 0.15) is 18.9 Å². The SMILES string of the molecule is CCC=COCC(COc1ccc(CC(=O)O)cc1)OC. The smallest absolute Gasteiger partial charge is 0.307 e. The number of methoxy groups -OCH3 is 1. The first-order chi connectivity index (χ1) is 10.2. The lowest BCUT2D eigenvalue weighted by Crippen LogP contribution is -2.25. The van der Waals surface area contributed by atoms with Gasteiger partial charge in [-0.05, 0) is 24.1 Å². The van der Waals surface area contributed by atoms with E-state index in [9.17, 15) is 4.79 Å². The third-order valence-electron chi connectivity index (χ3n) is 2.76. The van der Waals surface area contributed by atoms with E-state index in [0.29, 0.717) is 19.0 Å². The molecule has 0 fully saturated rings. The van der Waals surface area contributed by atoms with Gasteiger partial charge in [0.25, 0.3) is 0 Å². The molecule has 0 spiro atoms. The molecule has 1 aromatic rings. The number of benzene rings is 1. The molecule has 1 rings (SSSR count). The standard InChI is InChI=1S/C16H22O5/c1-3-4-9-20-11-15(19-2)12-21-14-7-5-13(6-8-14)10-16(17)18/h4-9,15H,3,10-12H2,1-2H3,(H,17,18). The van der Waals surface area contributed by atoms with E-state index in [1.807, 2.05) is 13.0 Å². The molecule has 5 nitrogen and oxygen atoms in total. The van der Waals surface area contributed by atoms with Crippen molar-refractivity contribution in [1.29, 1.82) is 0 Å². The largest absolute Gasteiger partial charge is 0.499 e. The average Bonchev–Trinajstić information content (AvgIpc) is 2.47. The van der Waals surface area contributed by atoms with Crippen LogP contribution in [0.2, 0.25) is 0 Å². The normalized spacial score (nSPS) is 12.3. The lowest BCUT2D eigenvalue weighted by atomic mass is 10.1. The van der Waals surface area contributed by atoms with Crippen LogP contribution in [0.4, 0.5) is 0 Å². The molecule has 1 N–H and O–H groups in total. The predicted molar refractivity (Wildman–Crippen MR) is 79.5 cm³/mol. The Bertz CT molecular complexity index is 438. The van der Waals surface area contributed by atoms with Crippen LogP contribution in [-0.2, 0) is 20.7 Å². The molecule has 0 saturated heterocycles. The Morgan fingerprint density at radius 2 is 2.00 bits per heavy atom. The molecule has 0 amide bonds. The van der Waals surface area contributed by atoms with Crippen LogP contribution in [0.15, 0.2) is 36.6 Å². The van der Waals surface area contributed by atoms with Crippen LogP contribution in [0.5, 0.6) is 5.75 Å². The van der Waals surface area contributed by atoms with Crippen molar-refractivity contribution in [2.45, 2.75) is 25.9 Å². The number of carboxylic acids is 1. The number of aliphatic carboxylic acids is 1. The highest BCUT2D eigenvalue weighted by atomic mass is 16.6. The summed E-state index contributed by atoms with van der Waals surface area (Å²) in [6, 6.07) is 6.99. The van der Waals surface area contributed by atoms with Crippen LogP contribution >= 0.6 is 0 Å².